The van der Waals surface area contributed by atoms with Crippen LogP contribution in [0.5, 0.6) is 0 Å². The molecule has 5 nitrogen and oxygen atoms in total. The molecule has 34 heavy (non-hydrogen) atoms. The van der Waals surface area contributed by atoms with Gasteiger partial charge in [0.15, 0.2) is 0 Å². The lowest BCUT2D eigenvalue weighted by Gasteiger charge is -2.30. The highest BCUT2D eigenvalue weighted by Crippen LogP contribution is 2.34. The molecule has 3 aromatic rings. The third-order valence-electron chi connectivity index (χ3n) is 5.74. The predicted octanol–water partition coefficient (Wildman–Crippen LogP) is 5.82. The second-order valence-corrected chi connectivity index (χ2v) is 8.16. The van der Waals surface area contributed by atoms with Crippen molar-refractivity contribution in [3.8, 4) is 0 Å². The Kier molecular flexibility index (Phi) is 6.37. The van der Waals surface area contributed by atoms with Gasteiger partial charge in [0, 0.05) is 34.9 Å². The number of hydrogen-bond donors (Lipinski definition) is 2. The highest BCUT2D eigenvalue weighted by molar-refractivity contribution is 5.94. The van der Waals surface area contributed by atoms with Crippen molar-refractivity contribution in [3.63, 3.8) is 0 Å². The van der Waals surface area contributed by atoms with E-state index in [0.717, 1.165) is 12.3 Å². The van der Waals surface area contributed by atoms with Crippen LogP contribution >= 0.6 is 0 Å². The van der Waals surface area contributed by atoms with Gasteiger partial charge < -0.3 is 10.6 Å². The average molecular weight is 482 g/mol. The van der Waals surface area contributed by atoms with Gasteiger partial charge in [-0.1, -0.05) is 18.2 Å². The fourth-order valence-electron chi connectivity index (χ4n) is 4.04. The van der Waals surface area contributed by atoms with E-state index in [1.807, 2.05) is 0 Å². The van der Waals surface area contributed by atoms with Crippen LogP contribution in [0.15, 0.2) is 48.7 Å². The highest BCUT2D eigenvalue weighted by Gasteiger charge is 2.34. The molecule has 180 valence electrons. The second kappa shape index (κ2) is 9.11. The summed E-state index contributed by atoms with van der Waals surface area (Å²) in [6.07, 6.45) is -6.12. The summed E-state index contributed by atoms with van der Waals surface area (Å²) in [5.74, 6) is -0.626. The van der Waals surface area contributed by atoms with Crippen LogP contribution in [0.1, 0.15) is 47.4 Å². The van der Waals surface area contributed by atoms with E-state index in [2.05, 4.69) is 20.6 Å². The third-order valence-corrected chi connectivity index (χ3v) is 5.74. The number of para-hydroxylation sites is 1. The fraction of sp³-hybridized carbons (Fsp3) is 0.348. The molecule has 1 aliphatic rings. The zero-order valence-corrected chi connectivity index (χ0v) is 17.7. The molecule has 11 heteroatoms. The highest BCUT2D eigenvalue weighted by atomic mass is 19.4. The van der Waals surface area contributed by atoms with E-state index in [1.165, 1.54) is 12.1 Å². The van der Waals surface area contributed by atoms with E-state index in [0.29, 0.717) is 42.8 Å². The molecule has 2 heterocycles. The van der Waals surface area contributed by atoms with E-state index in [1.54, 1.807) is 18.2 Å². The molecular formula is C23H20F6N4O. The average Bonchev–Trinajstić information content (AvgIpc) is 2.79. The van der Waals surface area contributed by atoms with Gasteiger partial charge >= 0.3 is 12.4 Å². The molecule has 1 aliphatic carbocycles. The number of nitrogens with one attached hydrogen (secondary N) is 2. The molecule has 2 N–H and O–H groups in total. The number of benzene rings is 1. The first-order valence-corrected chi connectivity index (χ1v) is 10.6. The van der Waals surface area contributed by atoms with Gasteiger partial charge in [0.25, 0.3) is 5.91 Å². The van der Waals surface area contributed by atoms with E-state index in [9.17, 15) is 31.1 Å². The Bertz CT molecular complexity index is 1190. The van der Waals surface area contributed by atoms with Gasteiger partial charge in [0.2, 0.25) is 0 Å². The predicted molar refractivity (Wildman–Crippen MR) is 113 cm³/mol. The number of rotatable bonds is 4. The lowest BCUT2D eigenvalue weighted by molar-refractivity contribution is -0.141. The van der Waals surface area contributed by atoms with Crippen LogP contribution in [0.25, 0.3) is 10.9 Å². The van der Waals surface area contributed by atoms with Gasteiger partial charge in [-0.3, -0.25) is 9.78 Å². The van der Waals surface area contributed by atoms with Crippen molar-refractivity contribution in [2.24, 2.45) is 0 Å². The first-order chi connectivity index (χ1) is 16.0. The van der Waals surface area contributed by atoms with Crippen molar-refractivity contribution in [3.05, 3.63) is 65.6 Å². The minimum atomic E-state index is -4.65. The van der Waals surface area contributed by atoms with E-state index < -0.39 is 29.6 Å². The smallest absolute Gasteiger partial charge is 0.382 e. The van der Waals surface area contributed by atoms with Crippen LogP contribution in [0.4, 0.5) is 32.0 Å². The first-order valence-electron chi connectivity index (χ1n) is 10.6. The van der Waals surface area contributed by atoms with Gasteiger partial charge in [0.1, 0.15) is 11.4 Å². The Morgan fingerprint density at radius 1 is 0.853 bits per heavy atom. The lowest BCUT2D eigenvalue weighted by atomic mass is 9.90. The van der Waals surface area contributed by atoms with Crippen molar-refractivity contribution in [1.82, 2.24) is 15.3 Å². The molecule has 1 fully saturated rings. The molecule has 1 amide bonds. The summed E-state index contributed by atoms with van der Waals surface area (Å²) in [5, 5.41) is 6.49. The Labute approximate surface area is 190 Å². The normalized spacial score (nSPS) is 19.1. The Hall–Kier alpha value is -3.37. The molecule has 1 aromatic carbocycles. The maximum Gasteiger partial charge on any atom is 0.433 e. The summed E-state index contributed by atoms with van der Waals surface area (Å²) in [6, 6.07) is 9.08. The second-order valence-electron chi connectivity index (χ2n) is 8.16. The van der Waals surface area contributed by atoms with Crippen LogP contribution in [0.2, 0.25) is 0 Å². The number of carbonyl (C=O) groups excluding carboxylic acids is 1. The molecule has 1 saturated carbocycles. The van der Waals surface area contributed by atoms with Crippen molar-refractivity contribution < 1.29 is 31.1 Å². The number of nitrogens with zero attached hydrogens (tertiary/aromatic N) is 2. The summed E-state index contributed by atoms with van der Waals surface area (Å²) < 4.78 is 78.3. The van der Waals surface area contributed by atoms with E-state index >= 15 is 0 Å². The molecule has 0 bridgehead atoms. The van der Waals surface area contributed by atoms with Gasteiger partial charge in [0.05, 0.1) is 5.52 Å². The van der Waals surface area contributed by atoms with Crippen molar-refractivity contribution in [2.45, 2.75) is 50.1 Å². The number of aromatic nitrogens is 2. The summed E-state index contributed by atoms with van der Waals surface area (Å²) in [7, 11) is 0. The summed E-state index contributed by atoms with van der Waals surface area (Å²) in [6.45, 7) is 0. The minimum absolute atomic E-state index is 0.127. The number of pyridine rings is 2. The van der Waals surface area contributed by atoms with Crippen LogP contribution in [-0.4, -0.2) is 28.0 Å². The van der Waals surface area contributed by atoms with Crippen LogP contribution in [-0.2, 0) is 12.4 Å². The SMILES string of the molecule is O=C(N[C@H]1CC[C@@H](Nc2cc(C(F)(F)F)nc3ccccc23)CC1)c1ccnc(C(F)(F)F)c1. The standard InChI is InChI=1S/C23H20F6N4O/c24-22(25,26)19-11-13(9-10-30-19)21(34)32-15-7-5-14(6-8-15)31-18-12-20(23(27,28)29)33-17-4-2-1-3-16(17)18/h1-4,9-12,14-15H,5-8H2,(H,31,33)(H,32,34)/t14-,15+. The zero-order valence-electron chi connectivity index (χ0n) is 17.7. The summed E-state index contributed by atoms with van der Waals surface area (Å²) in [5.41, 5.74) is -1.69. The van der Waals surface area contributed by atoms with E-state index in [4.69, 9.17) is 0 Å². The number of amides is 1. The molecule has 0 radical (unpaired) electrons. The number of alkyl halides is 6. The minimum Gasteiger partial charge on any atom is -0.382 e. The first kappa shape index (κ1) is 23.8. The lowest BCUT2D eigenvalue weighted by Crippen LogP contribution is -2.40. The molecule has 0 aliphatic heterocycles. The maximum absolute atomic E-state index is 13.3. The number of anilines is 1. The Morgan fingerprint density at radius 2 is 1.50 bits per heavy atom. The quantitative estimate of drug-likeness (QED) is 0.460. The monoisotopic (exact) mass is 482 g/mol. The van der Waals surface area contributed by atoms with Crippen molar-refractivity contribution >= 4 is 22.5 Å². The number of halogens is 6. The van der Waals surface area contributed by atoms with Crippen molar-refractivity contribution in [2.75, 3.05) is 5.32 Å². The largest absolute Gasteiger partial charge is 0.433 e. The van der Waals surface area contributed by atoms with Gasteiger partial charge in [-0.25, -0.2) is 4.98 Å². The Morgan fingerprint density at radius 3 is 2.18 bits per heavy atom. The number of fused-ring (bicyclic) bond motifs is 1. The summed E-state index contributed by atoms with van der Waals surface area (Å²) in [4.78, 5) is 19.4. The molecular weight excluding hydrogens is 462 g/mol. The molecule has 0 unspecified atom stereocenters. The Balaban J connectivity index is 1.40. The molecule has 0 saturated heterocycles. The van der Waals surface area contributed by atoms with Gasteiger partial charge in [-0.2, -0.15) is 26.3 Å². The molecule has 0 atom stereocenters. The van der Waals surface area contributed by atoms with Crippen LogP contribution in [0, 0.1) is 0 Å². The van der Waals surface area contributed by atoms with Gasteiger partial charge in [-0.15, -0.1) is 0 Å². The number of hydrogen-bond acceptors (Lipinski definition) is 4. The zero-order chi connectivity index (χ0) is 24.5. The molecule has 0 spiro atoms. The number of carbonyl (C=O) groups is 1. The van der Waals surface area contributed by atoms with Crippen molar-refractivity contribution in [1.29, 1.82) is 0 Å². The fourth-order valence-corrected chi connectivity index (χ4v) is 4.04. The van der Waals surface area contributed by atoms with E-state index in [-0.39, 0.29) is 23.2 Å². The summed E-state index contributed by atoms with van der Waals surface area (Å²) >= 11 is 0. The molecule has 2 aromatic heterocycles. The maximum atomic E-state index is 13.3. The van der Waals surface area contributed by atoms with Crippen LogP contribution in [0.3, 0.4) is 0 Å². The van der Waals surface area contributed by atoms with Crippen LogP contribution < -0.4 is 10.6 Å². The van der Waals surface area contributed by atoms with Gasteiger partial charge in [-0.05, 0) is 49.9 Å². The third kappa shape index (κ3) is 5.40. The topological polar surface area (TPSA) is 66.9 Å². The molecule has 4 rings (SSSR count).